The first kappa shape index (κ1) is 25.8. The molecule has 1 aliphatic heterocycles. The first-order chi connectivity index (χ1) is 16.3. The third kappa shape index (κ3) is 6.40. The number of thioether (sulfide) groups is 1. The number of carbonyl (C=O) groups is 3. The van der Waals surface area contributed by atoms with Crippen molar-refractivity contribution in [2.24, 2.45) is 0 Å². The Bertz CT molecular complexity index is 1120. The molecule has 1 aliphatic rings. The number of methoxy groups -OCH3 is 1. The lowest BCUT2D eigenvalue weighted by molar-refractivity contribution is -0.122. The molecule has 1 saturated heterocycles. The quantitative estimate of drug-likeness (QED) is 0.301. The van der Waals surface area contributed by atoms with Crippen LogP contribution in [0.3, 0.4) is 0 Å². The largest absolute Gasteiger partial charge is 0.490 e. The van der Waals surface area contributed by atoms with Gasteiger partial charge >= 0.3 is 5.97 Å². The van der Waals surface area contributed by atoms with E-state index < -0.39 is 5.97 Å². The van der Waals surface area contributed by atoms with Crippen molar-refractivity contribution >= 4 is 50.9 Å². The number of imide groups is 1. The van der Waals surface area contributed by atoms with Crippen molar-refractivity contribution in [2.75, 3.05) is 26.9 Å². The van der Waals surface area contributed by atoms with E-state index in [-0.39, 0.29) is 23.3 Å². The lowest BCUT2D eigenvalue weighted by Crippen LogP contribution is -2.29. The van der Waals surface area contributed by atoms with Crippen molar-refractivity contribution < 1.29 is 33.7 Å². The van der Waals surface area contributed by atoms with Crippen LogP contribution in [0.4, 0.5) is 4.79 Å². The van der Waals surface area contributed by atoms with E-state index in [2.05, 4.69) is 15.9 Å². The summed E-state index contributed by atoms with van der Waals surface area (Å²) in [7, 11) is 1.57. The summed E-state index contributed by atoms with van der Waals surface area (Å²) in [6.07, 6.45) is 2.22. The number of halogens is 1. The Labute approximate surface area is 210 Å². The van der Waals surface area contributed by atoms with Crippen LogP contribution < -0.4 is 9.47 Å². The molecule has 8 nitrogen and oxygen atoms in total. The lowest BCUT2D eigenvalue weighted by Gasteiger charge is -2.15. The van der Waals surface area contributed by atoms with Gasteiger partial charge in [0, 0.05) is 20.3 Å². The SMILES string of the molecule is CCOc1cc(/C=C2/SC(=O)N(CCCOC)C2=O)cc(Br)c1OCc1cccc(C(=O)O)c1. The number of hydrogen-bond acceptors (Lipinski definition) is 7. The van der Waals surface area contributed by atoms with Crippen molar-refractivity contribution in [3.8, 4) is 11.5 Å². The Kier molecular flexibility index (Phi) is 9.14. The highest BCUT2D eigenvalue weighted by Gasteiger charge is 2.34. The van der Waals surface area contributed by atoms with Crippen LogP contribution in [0.5, 0.6) is 11.5 Å². The average molecular weight is 550 g/mol. The minimum absolute atomic E-state index is 0.138. The second kappa shape index (κ2) is 12.0. The molecule has 1 heterocycles. The Hall–Kier alpha value is -2.82. The molecule has 1 N–H and O–H groups in total. The highest BCUT2D eigenvalue weighted by Crippen LogP contribution is 2.39. The number of hydrogen-bond donors (Lipinski definition) is 1. The van der Waals surface area contributed by atoms with Crippen LogP contribution in [0.25, 0.3) is 6.08 Å². The van der Waals surface area contributed by atoms with E-state index in [4.69, 9.17) is 14.2 Å². The first-order valence-corrected chi connectivity index (χ1v) is 12.1. The van der Waals surface area contributed by atoms with Gasteiger partial charge in [-0.25, -0.2) is 4.79 Å². The first-order valence-electron chi connectivity index (χ1n) is 10.5. The fraction of sp³-hybridized carbons (Fsp3) is 0.292. The standard InChI is InChI=1S/C24H24BrNO7S/c1-3-32-19-12-16(13-20-22(27)26(24(30)34-20)8-5-9-31-2)11-18(25)21(19)33-14-15-6-4-7-17(10-15)23(28)29/h4,6-7,10-13H,3,5,8-9,14H2,1-2H3,(H,28,29)/b20-13+. The molecule has 2 aromatic carbocycles. The smallest absolute Gasteiger partial charge is 0.335 e. The maximum atomic E-state index is 12.7. The van der Waals surface area contributed by atoms with E-state index >= 15 is 0 Å². The summed E-state index contributed by atoms with van der Waals surface area (Å²) < 4.78 is 17.3. The van der Waals surface area contributed by atoms with Gasteiger partial charge in [0.25, 0.3) is 11.1 Å². The minimum atomic E-state index is -1.01. The van der Waals surface area contributed by atoms with Crippen molar-refractivity contribution in [1.29, 1.82) is 0 Å². The minimum Gasteiger partial charge on any atom is -0.490 e. The molecule has 0 unspecified atom stereocenters. The van der Waals surface area contributed by atoms with E-state index in [1.54, 1.807) is 43.5 Å². The Morgan fingerprint density at radius 2 is 2.00 bits per heavy atom. The third-order valence-electron chi connectivity index (χ3n) is 4.79. The number of ether oxygens (including phenoxy) is 3. The maximum Gasteiger partial charge on any atom is 0.335 e. The van der Waals surface area contributed by atoms with Gasteiger partial charge in [0.2, 0.25) is 0 Å². The maximum absolute atomic E-state index is 12.7. The molecule has 180 valence electrons. The van der Waals surface area contributed by atoms with Crippen molar-refractivity contribution in [1.82, 2.24) is 4.90 Å². The summed E-state index contributed by atoms with van der Waals surface area (Å²) in [5.74, 6) is -0.437. The average Bonchev–Trinajstić information content (AvgIpc) is 3.06. The molecule has 2 aromatic rings. The predicted octanol–water partition coefficient (Wildman–Crippen LogP) is 5.20. The number of amides is 2. The van der Waals surface area contributed by atoms with E-state index in [1.807, 2.05) is 6.92 Å². The molecule has 0 spiro atoms. The number of carbonyl (C=O) groups excluding carboxylic acids is 2. The van der Waals surface area contributed by atoms with Gasteiger partial charge < -0.3 is 19.3 Å². The zero-order chi connectivity index (χ0) is 24.7. The summed E-state index contributed by atoms with van der Waals surface area (Å²) in [5, 5.41) is 8.87. The summed E-state index contributed by atoms with van der Waals surface area (Å²) in [6.45, 7) is 3.13. The van der Waals surface area contributed by atoms with E-state index in [0.29, 0.717) is 58.2 Å². The Morgan fingerprint density at radius 1 is 1.21 bits per heavy atom. The van der Waals surface area contributed by atoms with Gasteiger partial charge in [-0.15, -0.1) is 0 Å². The molecule has 34 heavy (non-hydrogen) atoms. The van der Waals surface area contributed by atoms with Gasteiger partial charge in [-0.05, 0) is 82.5 Å². The third-order valence-corrected chi connectivity index (χ3v) is 6.29. The number of nitrogens with zero attached hydrogens (tertiary/aromatic N) is 1. The molecule has 0 saturated carbocycles. The summed E-state index contributed by atoms with van der Waals surface area (Å²) in [4.78, 5) is 37.7. The van der Waals surface area contributed by atoms with Crippen LogP contribution in [0.2, 0.25) is 0 Å². The predicted molar refractivity (Wildman–Crippen MR) is 132 cm³/mol. The fourth-order valence-electron chi connectivity index (χ4n) is 3.24. The zero-order valence-corrected chi connectivity index (χ0v) is 21.1. The number of benzene rings is 2. The normalized spacial score (nSPS) is 14.7. The number of carboxylic acid groups (broad SMARTS) is 1. The fourth-order valence-corrected chi connectivity index (χ4v) is 4.67. The Morgan fingerprint density at radius 3 is 2.71 bits per heavy atom. The van der Waals surface area contributed by atoms with E-state index in [0.717, 1.165) is 11.8 Å². The molecule has 0 aromatic heterocycles. The molecule has 2 amide bonds. The van der Waals surface area contributed by atoms with Crippen molar-refractivity contribution in [3.05, 3.63) is 62.5 Å². The zero-order valence-electron chi connectivity index (χ0n) is 18.7. The number of aromatic carboxylic acids is 1. The molecular weight excluding hydrogens is 526 g/mol. The van der Waals surface area contributed by atoms with Gasteiger partial charge in [0.1, 0.15) is 6.61 Å². The van der Waals surface area contributed by atoms with Gasteiger partial charge in [0.15, 0.2) is 11.5 Å². The van der Waals surface area contributed by atoms with Gasteiger partial charge in [0.05, 0.1) is 21.5 Å². The molecule has 0 atom stereocenters. The van der Waals surface area contributed by atoms with Gasteiger partial charge in [-0.1, -0.05) is 12.1 Å². The van der Waals surface area contributed by atoms with Gasteiger partial charge in [-0.2, -0.15) is 0 Å². The molecule has 1 fully saturated rings. The highest BCUT2D eigenvalue weighted by molar-refractivity contribution is 9.10. The van der Waals surface area contributed by atoms with Crippen LogP contribution in [0.15, 0.2) is 45.8 Å². The number of rotatable bonds is 11. The number of carboxylic acids is 1. The molecule has 0 aliphatic carbocycles. The molecule has 10 heteroatoms. The second-order valence-corrected chi connectivity index (χ2v) is 9.08. The van der Waals surface area contributed by atoms with Crippen LogP contribution in [0.1, 0.15) is 34.8 Å². The highest BCUT2D eigenvalue weighted by atomic mass is 79.9. The molecule has 3 rings (SSSR count). The van der Waals surface area contributed by atoms with Crippen molar-refractivity contribution in [2.45, 2.75) is 20.0 Å². The van der Waals surface area contributed by atoms with E-state index in [9.17, 15) is 19.5 Å². The summed E-state index contributed by atoms with van der Waals surface area (Å²) in [6, 6.07) is 10.00. The topological polar surface area (TPSA) is 102 Å². The summed E-state index contributed by atoms with van der Waals surface area (Å²) >= 11 is 4.40. The van der Waals surface area contributed by atoms with Crippen LogP contribution in [-0.4, -0.2) is 54.0 Å². The van der Waals surface area contributed by atoms with Crippen LogP contribution >= 0.6 is 27.7 Å². The second-order valence-electron chi connectivity index (χ2n) is 7.24. The lowest BCUT2D eigenvalue weighted by atomic mass is 10.1. The van der Waals surface area contributed by atoms with Crippen LogP contribution in [-0.2, 0) is 16.1 Å². The van der Waals surface area contributed by atoms with Crippen LogP contribution in [0, 0.1) is 0 Å². The van der Waals surface area contributed by atoms with Crippen molar-refractivity contribution in [3.63, 3.8) is 0 Å². The molecular formula is C24H24BrNO7S. The molecule has 0 radical (unpaired) electrons. The van der Waals surface area contributed by atoms with Gasteiger partial charge in [-0.3, -0.25) is 14.5 Å². The van der Waals surface area contributed by atoms with E-state index in [1.165, 1.54) is 11.0 Å². The Balaban J connectivity index is 1.81. The monoisotopic (exact) mass is 549 g/mol. The summed E-state index contributed by atoms with van der Waals surface area (Å²) in [5.41, 5.74) is 1.54. The molecule has 0 bridgehead atoms.